The molecule has 0 saturated carbocycles. The number of fused-ring (bicyclic) bond motifs is 1. The first kappa shape index (κ1) is 21.7. The van der Waals surface area contributed by atoms with Crippen LogP contribution in [0.4, 0.5) is 11.5 Å². The molecular weight excluding hydrogens is 436 g/mol. The van der Waals surface area contributed by atoms with Gasteiger partial charge in [-0.1, -0.05) is 18.2 Å². The number of hydrogen-bond donors (Lipinski definition) is 2. The van der Waals surface area contributed by atoms with Crippen molar-refractivity contribution in [3.63, 3.8) is 0 Å². The van der Waals surface area contributed by atoms with Crippen LogP contribution in [0.2, 0.25) is 0 Å². The van der Waals surface area contributed by atoms with Gasteiger partial charge in [0.2, 0.25) is 5.91 Å². The summed E-state index contributed by atoms with van der Waals surface area (Å²) in [4.78, 5) is 25.2. The third-order valence-electron chi connectivity index (χ3n) is 6.37. The summed E-state index contributed by atoms with van der Waals surface area (Å²) in [6.07, 6.45) is 6.64. The van der Waals surface area contributed by atoms with Gasteiger partial charge in [-0.05, 0) is 61.9 Å². The lowest BCUT2D eigenvalue weighted by Gasteiger charge is -2.24. The maximum absolute atomic E-state index is 13.3. The van der Waals surface area contributed by atoms with Crippen LogP contribution in [-0.2, 0) is 22.3 Å². The molecule has 7 nitrogen and oxygen atoms in total. The summed E-state index contributed by atoms with van der Waals surface area (Å²) in [5.41, 5.74) is 4.08. The predicted molar refractivity (Wildman–Crippen MR) is 129 cm³/mol. The number of benzene rings is 1. The molecule has 3 aromatic rings. The largest absolute Gasteiger partial charge is 0.357 e. The number of anilines is 2. The Balaban J connectivity index is 1.40. The van der Waals surface area contributed by atoms with Crippen LogP contribution in [0.15, 0.2) is 59.6 Å². The molecule has 1 aliphatic heterocycles. The van der Waals surface area contributed by atoms with Gasteiger partial charge in [0.15, 0.2) is 11.1 Å². The summed E-state index contributed by atoms with van der Waals surface area (Å²) in [5.74, 6) is 0.493. The van der Waals surface area contributed by atoms with E-state index in [-0.39, 0.29) is 11.8 Å². The summed E-state index contributed by atoms with van der Waals surface area (Å²) >= 11 is -2.06. The minimum Gasteiger partial charge on any atom is -0.357 e. The van der Waals surface area contributed by atoms with Gasteiger partial charge in [-0.25, -0.2) is 9.19 Å². The van der Waals surface area contributed by atoms with Crippen LogP contribution in [-0.4, -0.2) is 37.7 Å². The first-order valence-electron chi connectivity index (χ1n) is 11.3. The van der Waals surface area contributed by atoms with Gasteiger partial charge in [0, 0.05) is 36.6 Å². The molecular formula is C25H26N4O3S. The fraction of sp³-hybridized carbons (Fsp3) is 0.320. The van der Waals surface area contributed by atoms with Crippen molar-refractivity contribution < 1.29 is 13.6 Å². The van der Waals surface area contributed by atoms with E-state index in [2.05, 4.69) is 15.2 Å². The van der Waals surface area contributed by atoms with Crippen molar-refractivity contribution in [3.8, 4) is 11.3 Å². The fourth-order valence-corrected chi connectivity index (χ4v) is 5.10. The summed E-state index contributed by atoms with van der Waals surface area (Å²) in [6, 6.07) is 14.6. The van der Waals surface area contributed by atoms with E-state index in [0.717, 1.165) is 60.7 Å². The number of carbonyl (C=O) groups excluding carboxylic acids is 1. The molecule has 2 N–H and O–H groups in total. The topological polar surface area (TPSA) is 95.4 Å². The zero-order chi connectivity index (χ0) is 22.8. The molecule has 33 heavy (non-hydrogen) atoms. The van der Waals surface area contributed by atoms with Crippen LogP contribution >= 0.6 is 0 Å². The molecule has 8 heteroatoms. The van der Waals surface area contributed by atoms with E-state index in [9.17, 15) is 13.6 Å². The number of nitrogens with one attached hydrogen (secondary N) is 1. The van der Waals surface area contributed by atoms with Crippen molar-refractivity contribution in [1.82, 2.24) is 9.97 Å². The fourth-order valence-electron chi connectivity index (χ4n) is 4.67. The molecule has 2 aliphatic rings. The molecule has 2 aromatic heterocycles. The van der Waals surface area contributed by atoms with Gasteiger partial charge in [-0.2, -0.15) is 0 Å². The minimum absolute atomic E-state index is 0.0654. The van der Waals surface area contributed by atoms with Crippen LogP contribution in [0.3, 0.4) is 0 Å². The Labute approximate surface area is 195 Å². The summed E-state index contributed by atoms with van der Waals surface area (Å²) in [7, 11) is 0. The van der Waals surface area contributed by atoms with E-state index >= 15 is 0 Å². The Morgan fingerprint density at radius 3 is 2.76 bits per heavy atom. The third kappa shape index (κ3) is 4.67. The summed E-state index contributed by atoms with van der Waals surface area (Å²) < 4.78 is 20.9. The highest BCUT2D eigenvalue weighted by Crippen LogP contribution is 2.34. The molecule has 3 heterocycles. The zero-order valence-corrected chi connectivity index (χ0v) is 19.1. The van der Waals surface area contributed by atoms with E-state index in [4.69, 9.17) is 4.98 Å². The highest BCUT2D eigenvalue weighted by molar-refractivity contribution is 7.79. The van der Waals surface area contributed by atoms with E-state index in [1.165, 1.54) is 12.8 Å². The lowest BCUT2D eigenvalue weighted by molar-refractivity contribution is -0.118. The number of aryl methyl sites for hydroxylation is 1. The standard InChI is InChI=1S/C25H26N4O3S/c30-25(27-19-11-12-26-23(16-19)29-13-1-2-14-29)21-8-4-5-17-9-10-22(28-24(17)21)18-6-3-7-20(15-18)33(31)32/h3,6-7,9-12,15-16,21H,1-2,4-5,8,13-14H2,(H,31,32)(H,26,27,30). The Hall–Kier alpha value is -3.10. The Morgan fingerprint density at radius 2 is 1.94 bits per heavy atom. The third-order valence-corrected chi connectivity index (χ3v) is 7.03. The van der Waals surface area contributed by atoms with Gasteiger partial charge in [-0.3, -0.25) is 9.78 Å². The monoisotopic (exact) mass is 462 g/mol. The predicted octanol–water partition coefficient (Wildman–Crippen LogP) is 4.38. The van der Waals surface area contributed by atoms with Crippen molar-refractivity contribution >= 4 is 28.5 Å². The maximum atomic E-state index is 13.3. The van der Waals surface area contributed by atoms with E-state index in [1.54, 1.807) is 24.4 Å². The van der Waals surface area contributed by atoms with Gasteiger partial charge in [0.25, 0.3) is 0 Å². The average molecular weight is 463 g/mol. The van der Waals surface area contributed by atoms with Gasteiger partial charge in [-0.15, -0.1) is 0 Å². The molecule has 170 valence electrons. The first-order valence-corrected chi connectivity index (χ1v) is 12.4. The molecule has 0 bridgehead atoms. The van der Waals surface area contributed by atoms with Gasteiger partial charge in [0.05, 0.1) is 22.2 Å². The second-order valence-corrected chi connectivity index (χ2v) is 9.52. The number of nitrogens with zero attached hydrogens (tertiary/aromatic N) is 3. The summed E-state index contributed by atoms with van der Waals surface area (Å²) in [6.45, 7) is 2.00. The molecule has 2 unspecified atom stereocenters. The van der Waals surface area contributed by atoms with Crippen molar-refractivity contribution in [1.29, 1.82) is 0 Å². The zero-order valence-electron chi connectivity index (χ0n) is 18.2. The quantitative estimate of drug-likeness (QED) is 0.546. The van der Waals surface area contributed by atoms with Crippen LogP contribution in [0.1, 0.15) is 42.9 Å². The second-order valence-electron chi connectivity index (χ2n) is 8.55. The van der Waals surface area contributed by atoms with Crippen LogP contribution in [0.25, 0.3) is 11.3 Å². The number of carbonyl (C=O) groups is 1. The van der Waals surface area contributed by atoms with Gasteiger partial charge < -0.3 is 14.8 Å². The smallest absolute Gasteiger partial charge is 0.233 e. The molecule has 1 aromatic carbocycles. The lowest BCUT2D eigenvalue weighted by atomic mass is 9.85. The van der Waals surface area contributed by atoms with Crippen LogP contribution in [0.5, 0.6) is 0 Å². The Morgan fingerprint density at radius 1 is 1.09 bits per heavy atom. The van der Waals surface area contributed by atoms with Crippen molar-refractivity contribution in [2.24, 2.45) is 0 Å². The SMILES string of the molecule is O=C(Nc1ccnc(N2CCCC2)c1)C1CCCc2ccc(-c3cccc(S(=O)O)c3)nc21. The second kappa shape index (κ2) is 9.41. The van der Waals surface area contributed by atoms with Crippen LogP contribution in [0, 0.1) is 0 Å². The van der Waals surface area contributed by atoms with E-state index in [1.807, 2.05) is 30.3 Å². The minimum atomic E-state index is -2.06. The normalized spacial score (nSPS) is 18.6. The molecule has 0 spiro atoms. The van der Waals surface area contributed by atoms with Crippen molar-refractivity contribution in [3.05, 3.63) is 66.0 Å². The van der Waals surface area contributed by atoms with Crippen molar-refractivity contribution in [2.45, 2.75) is 42.9 Å². The Kier molecular flexibility index (Phi) is 6.20. The van der Waals surface area contributed by atoms with Crippen molar-refractivity contribution in [2.75, 3.05) is 23.3 Å². The molecule has 1 amide bonds. The summed E-state index contributed by atoms with van der Waals surface area (Å²) in [5, 5.41) is 3.08. The molecule has 5 rings (SSSR count). The number of pyridine rings is 2. The number of rotatable bonds is 5. The number of aromatic nitrogens is 2. The maximum Gasteiger partial charge on any atom is 0.233 e. The highest BCUT2D eigenvalue weighted by atomic mass is 32.2. The molecule has 2 atom stereocenters. The first-order chi connectivity index (χ1) is 16.1. The molecule has 1 saturated heterocycles. The Bertz CT molecular complexity index is 1210. The van der Waals surface area contributed by atoms with Crippen LogP contribution < -0.4 is 10.2 Å². The van der Waals surface area contributed by atoms with E-state index < -0.39 is 11.1 Å². The number of amides is 1. The molecule has 0 radical (unpaired) electrons. The molecule has 1 fully saturated rings. The average Bonchev–Trinajstić information content (AvgIpc) is 3.39. The van der Waals surface area contributed by atoms with Gasteiger partial charge >= 0.3 is 0 Å². The highest BCUT2D eigenvalue weighted by Gasteiger charge is 2.29. The van der Waals surface area contributed by atoms with E-state index in [0.29, 0.717) is 10.6 Å². The van der Waals surface area contributed by atoms with Gasteiger partial charge in [0.1, 0.15) is 5.82 Å². The molecule has 1 aliphatic carbocycles. The lowest BCUT2D eigenvalue weighted by Crippen LogP contribution is -2.26. The number of hydrogen-bond acceptors (Lipinski definition) is 5.